The first-order valence-corrected chi connectivity index (χ1v) is 7.29. The Kier molecular flexibility index (Phi) is 3.43. The second-order valence-corrected chi connectivity index (χ2v) is 6.35. The Bertz CT molecular complexity index is 640. The summed E-state index contributed by atoms with van der Waals surface area (Å²) in [6.07, 6.45) is 5.07. The highest BCUT2D eigenvalue weighted by atomic mass is 35.5. The third kappa shape index (κ3) is 2.88. The highest BCUT2D eigenvalue weighted by molar-refractivity contribution is 7.18. The molecule has 0 unspecified atom stereocenters. The number of hydrogen-bond donors (Lipinski definition) is 1. The maximum absolute atomic E-state index is 11.6. The number of rotatable bonds is 3. The van der Waals surface area contributed by atoms with Gasteiger partial charge in [-0.25, -0.2) is 9.97 Å². The van der Waals surface area contributed by atoms with Crippen molar-refractivity contribution in [2.45, 2.75) is 12.8 Å². The highest BCUT2D eigenvalue weighted by Gasteiger charge is 2.29. The first-order valence-electron chi connectivity index (χ1n) is 5.71. The molecule has 2 aromatic heterocycles. The SMILES string of the molecule is O=C(Nc1cc(Cl)c(-c2ncc(Cl)s2)cn1)C1CC1. The smallest absolute Gasteiger partial charge is 0.228 e. The fourth-order valence-electron chi connectivity index (χ4n) is 1.61. The molecule has 2 aromatic rings. The predicted octanol–water partition coefficient (Wildman–Crippen LogP) is 3.86. The summed E-state index contributed by atoms with van der Waals surface area (Å²) in [7, 11) is 0. The van der Waals surface area contributed by atoms with Gasteiger partial charge in [-0.1, -0.05) is 23.2 Å². The van der Waals surface area contributed by atoms with Crippen LogP contribution in [0.25, 0.3) is 10.6 Å². The van der Waals surface area contributed by atoms with Gasteiger partial charge in [0.15, 0.2) is 0 Å². The molecule has 19 heavy (non-hydrogen) atoms. The van der Waals surface area contributed by atoms with Crippen molar-refractivity contribution in [2.24, 2.45) is 5.92 Å². The molecule has 1 aliphatic carbocycles. The lowest BCUT2D eigenvalue weighted by Gasteiger charge is -2.05. The number of anilines is 1. The number of amides is 1. The van der Waals surface area contributed by atoms with Crippen LogP contribution < -0.4 is 5.32 Å². The predicted molar refractivity (Wildman–Crippen MR) is 76.7 cm³/mol. The number of carbonyl (C=O) groups excluding carboxylic acids is 1. The topological polar surface area (TPSA) is 54.9 Å². The van der Waals surface area contributed by atoms with Crippen molar-refractivity contribution in [2.75, 3.05) is 5.32 Å². The second-order valence-electron chi connectivity index (χ2n) is 4.28. The van der Waals surface area contributed by atoms with Crippen molar-refractivity contribution in [1.29, 1.82) is 0 Å². The van der Waals surface area contributed by atoms with E-state index >= 15 is 0 Å². The molecular weight excluding hydrogens is 305 g/mol. The van der Waals surface area contributed by atoms with E-state index in [1.807, 2.05) is 0 Å². The van der Waals surface area contributed by atoms with Crippen LogP contribution in [0.2, 0.25) is 9.36 Å². The molecule has 0 aromatic carbocycles. The van der Waals surface area contributed by atoms with Crippen LogP contribution in [0, 0.1) is 5.92 Å². The quantitative estimate of drug-likeness (QED) is 0.936. The molecule has 1 N–H and O–H groups in total. The van der Waals surface area contributed by atoms with Crippen LogP contribution in [0.3, 0.4) is 0 Å². The number of thiazole rings is 1. The van der Waals surface area contributed by atoms with E-state index in [4.69, 9.17) is 23.2 Å². The number of carbonyl (C=O) groups is 1. The van der Waals surface area contributed by atoms with Crippen LogP contribution in [0.5, 0.6) is 0 Å². The van der Waals surface area contributed by atoms with E-state index in [0.717, 1.165) is 12.8 Å². The van der Waals surface area contributed by atoms with Gasteiger partial charge in [0.25, 0.3) is 0 Å². The molecule has 3 rings (SSSR count). The van der Waals surface area contributed by atoms with E-state index in [9.17, 15) is 4.79 Å². The largest absolute Gasteiger partial charge is 0.310 e. The molecule has 98 valence electrons. The van der Waals surface area contributed by atoms with Gasteiger partial charge >= 0.3 is 0 Å². The van der Waals surface area contributed by atoms with Gasteiger partial charge in [-0.15, -0.1) is 11.3 Å². The third-order valence-corrected chi connectivity index (χ3v) is 4.22. The van der Waals surface area contributed by atoms with Crippen molar-refractivity contribution in [1.82, 2.24) is 9.97 Å². The first-order chi connectivity index (χ1) is 9.13. The normalized spacial score (nSPS) is 14.4. The van der Waals surface area contributed by atoms with Crippen molar-refractivity contribution < 1.29 is 4.79 Å². The van der Waals surface area contributed by atoms with Crippen molar-refractivity contribution in [3.63, 3.8) is 0 Å². The molecule has 4 nitrogen and oxygen atoms in total. The van der Waals surface area contributed by atoms with Gasteiger partial charge < -0.3 is 5.32 Å². The maximum atomic E-state index is 11.6. The third-order valence-electron chi connectivity index (χ3n) is 2.76. The first kappa shape index (κ1) is 12.8. The molecule has 1 saturated carbocycles. The van der Waals surface area contributed by atoms with Crippen LogP contribution in [0.4, 0.5) is 5.82 Å². The summed E-state index contributed by atoms with van der Waals surface area (Å²) in [5.41, 5.74) is 0.711. The van der Waals surface area contributed by atoms with Crippen LogP contribution in [0.15, 0.2) is 18.5 Å². The van der Waals surface area contributed by atoms with Crippen molar-refractivity contribution >= 4 is 46.3 Å². The summed E-state index contributed by atoms with van der Waals surface area (Å²) < 4.78 is 0.595. The van der Waals surface area contributed by atoms with E-state index < -0.39 is 0 Å². The Labute approximate surface area is 123 Å². The van der Waals surface area contributed by atoms with Gasteiger partial charge in [-0.05, 0) is 12.8 Å². The molecule has 0 atom stereocenters. The molecule has 1 fully saturated rings. The summed E-state index contributed by atoms with van der Waals surface area (Å²) >= 11 is 13.4. The molecule has 0 aliphatic heterocycles. The summed E-state index contributed by atoms with van der Waals surface area (Å²) in [5.74, 6) is 0.611. The lowest BCUT2D eigenvalue weighted by Crippen LogP contribution is -2.14. The van der Waals surface area contributed by atoms with Crippen molar-refractivity contribution in [3.8, 4) is 10.6 Å². The van der Waals surface area contributed by atoms with Crippen LogP contribution in [0.1, 0.15) is 12.8 Å². The molecule has 7 heteroatoms. The number of hydrogen-bond acceptors (Lipinski definition) is 4. The van der Waals surface area contributed by atoms with E-state index in [-0.39, 0.29) is 11.8 Å². The highest BCUT2D eigenvalue weighted by Crippen LogP contribution is 2.34. The van der Waals surface area contributed by atoms with Crippen LogP contribution >= 0.6 is 34.5 Å². The van der Waals surface area contributed by atoms with Gasteiger partial charge in [0.2, 0.25) is 5.91 Å². The summed E-state index contributed by atoms with van der Waals surface area (Å²) in [4.78, 5) is 20.0. The number of halogens is 2. The van der Waals surface area contributed by atoms with Gasteiger partial charge in [0.05, 0.1) is 11.2 Å². The van der Waals surface area contributed by atoms with Crippen LogP contribution in [-0.2, 0) is 4.79 Å². The van der Waals surface area contributed by atoms with E-state index in [0.29, 0.717) is 25.7 Å². The van der Waals surface area contributed by atoms with E-state index in [1.54, 1.807) is 18.5 Å². The zero-order valence-electron chi connectivity index (χ0n) is 9.69. The Hall–Kier alpha value is -1.17. The molecule has 0 bridgehead atoms. The van der Waals surface area contributed by atoms with E-state index in [1.165, 1.54) is 11.3 Å². The summed E-state index contributed by atoms with van der Waals surface area (Å²) in [6, 6.07) is 1.63. The molecule has 0 spiro atoms. The summed E-state index contributed by atoms with van der Waals surface area (Å²) in [5, 5.41) is 3.95. The standard InChI is InChI=1S/C12H9Cl2N3OS/c13-8-3-10(17-11(18)6-1-2-6)15-4-7(8)12-16-5-9(14)19-12/h3-6H,1-2H2,(H,15,17,18). The number of aromatic nitrogens is 2. The van der Waals surface area contributed by atoms with Gasteiger partial charge in [0.1, 0.15) is 15.2 Å². The van der Waals surface area contributed by atoms with Gasteiger partial charge in [-0.2, -0.15) is 0 Å². The Morgan fingerprint density at radius 3 is 2.68 bits per heavy atom. The Morgan fingerprint density at radius 1 is 1.32 bits per heavy atom. The molecule has 2 heterocycles. The molecule has 1 amide bonds. The minimum atomic E-state index is 0.00797. The molecule has 0 radical (unpaired) electrons. The molecule has 0 saturated heterocycles. The Morgan fingerprint density at radius 2 is 2.11 bits per heavy atom. The van der Waals surface area contributed by atoms with Crippen molar-refractivity contribution in [3.05, 3.63) is 27.8 Å². The fourth-order valence-corrected chi connectivity index (χ4v) is 2.84. The number of nitrogens with one attached hydrogen (secondary N) is 1. The summed E-state index contributed by atoms with van der Waals surface area (Å²) in [6.45, 7) is 0. The zero-order valence-corrected chi connectivity index (χ0v) is 12.0. The van der Waals surface area contributed by atoms with E-state index in [2.05, 4.69) is 15.3 Å². The maximum Gasteiger partial charge on any atom is 0.228 e. The average molecular weight is 314 g/mol. The average Bonchev–Trinajstić information content (AvgIpc) is 3.13. The van der Waals surface area contributed by atoms with Gasteiger partial charge in [0, 0.05) is 23.7 Å². The monoisotopic (exact) mass is 313 g/mol. The lowest BCUT2D eigenvalue weighted by atomic mass is 10.3. The zero-order chi connectivity index (χ0) is 13.4. The number of pyridine rings is 1. The number of nitrogens with zero attached hydrogens (tertiary/aromatic N) is 2. The second kappa shape index (κ2) is 5.07. The fraction of sp³-hybridized carbons (Fsp3) is 0.250. The Balaban J connectivity index is 1.83. The molecular formula is C12H9Cl2N3OS. The van der Waals surface area contributed by atoms with Crippen LogP contribution in [-0.4, -0.2) is 15.9 Å². The van der Waals surface area contributed by atoms with Gasteiger partial charge in [-0.3, -0.25) is 4.79 Å². The minimum Gasteiger partial charge on any atom is -0.310 e. The minimum absolute atomic E-state index is 0.00797. The lowest BCUT2D eigenvalue weighted by molar-refractivity contribution is -0.117. The molecule has 1 aliphatic rings.